The van der Waals surface area contributed by atoms with Crippen molar-refractivity contribution in [1.82, 2.24) is 0 Å². The normalized spacial score (nSPS) is 30.1. The Kier molecular flexibility index (Phi) is 3.80. The molecular formula is C11H20O. The molecule has 1 aliphatic rings. The van der Waals surface area contributed by atoms with Crippen molar-refractivity contribution in [3.63, 3.8) is 0 Å². The van der Waals surface area contributed by atoms with Crippen molar-refractivity contribution in [3.8, 4) is 0 Å². The fraction of sp³-hybridized carbons (Fsp3) is 0.818. The average molecular weight is 168 g/mol. The number of aliphatic hydroxyl groups excluding tert-OH is 1. The fourth-order valence-corrected chi connectivity index (χ4v) is 2.06. The third kappa shape index (κ3) is 2.98. The molecule has 0 heterocycles. The van der Waals surface area contributed by atoms with Crippen LogP contribution in [0.25, 0.3) is 0 Å². The summed E-state index contributed by atoms with van der Waals surface area (Å²) in [4.78, 5) is 0. The molecular weight excluding hydrogens is 148 g/mol. The van der Waals surface area contributed by atoms with Crippen LogP contribution in [0.15, 0.2) is 11.6 Å². The van der Waals surface area contributed by atoms with E-state index in [9.17, 15) is 5.11 Å². The minimum absolute atomic E-state index is 0.166. The van der Waals surface area contributed by atoms with Gasteiger partial charge in [0.2, 0.25) is 0 Å². The molecule has 1 rings (SSSR count). The van der Waals surface area contributed by atoms with Crippen molar-refractivity contribution in [1.29, 1.82) is 0 Å². The topological polar surface area (TPSA) is 20.2 Å². The van der Waals surface area contributed by atoms with E-state index in [1.807, 2.05) is 6.08 Å². The zero-order chi connectivity index (χ0) is 8.97. The van der Waals surface area contributed by atoms with E-state index in [1.165, 1.54) is 31.3 Å². The molecule has 0 saturated carbocycles. The van der Waals surface area contributed by atoms with Gasteiger partial charge in [-0.05, 0) is 25.7 Å². The molecule has 1 nitrogen and oxygen atoms in total. The van der Waals surface area contributed by atoms with Gasteiger partial charge in [0.25, 0.3) is 0 Å². The van der Waals surface area contributed by atoms with E-state index in [0.29, 0.717) is 0 Å². The highest BCUT2D eigenvalue weighted by molar-refractivity contribution is 5.07. The molecule has 0 radical (unpaired) electrons. The molecule has 1 N–H and O–H groups in total. The van der Waals surface area contributed by atoms with Crippen LogP contribution < -0.4 is 0 Å². The minimum atomic E-state index is -0.166. The molecule has 2 atom stereocenters. The number of unbranched alkanes of at least 4 members (excludes halogenated alkanes) is 1. The first-order valence-corrected chi connectivity index (χ1v) is 5.07. The lowest BCUT2D eigenvalue weighted by atomic mass is 9.85. The molecule has 0 saturated heterocycles. The van der Waals surface area contributed by atoms with Gasteiger partial charge in [-0.1, -0.05) is 37.8 Å². The Balaban J connectivity index is 2.34. The maximum atomic E-state index is 9.47. The van der Waals surface area contributed by atoms with E-state index in [-0.39, 0.29) is 6.10 Å². The zero-order valence-electron chi connectivity index (χ0n) is 8.21. The van der Waals surface area contributed by atoms with Crippen molar-refractivity contribution < 1.29 is 5.11 Å². The molecule has 12 heavy (non-hydrogen) atoms. The van der Waals surface area contributed by atoms with Crippen LogP contribution >= 0.6 is 0 Å². The summed E-state index contributed by atoms with van der Waals surface area (Å²) in [5, 5.41) is 9.47. The standard InChI is InChI=1S/C11H20O/c1-3-4-5-10-6-9(2)7-11(12)8-10/h7,10-12H,3-6,8H2,1-2H3. The third-order valence-corrected chi connectivity index (χ3v) is 2.63. The van der Waals surface area contributed by atoms with E-state index >= 15 is 0 Å². The van der Waals surface area contributed by atoms with E-state index in [4.69, 9.17) is 0 Å². The predicted octanol–water partition coefficient (Wildman–Crippen LogP) is 2.89. The summed E-state index contributed by atoms with van der Waals surface area (Å²) in [7, 11) is 0. The van der Waals surface area contributed by atoms with Crippen molar-refractivity contribution >= 4 is 0 Å². The molecule has 70 valence electrons. The van der Waals surface area contributed by atoms with Crippen LogP contribution in [0.5, 0.6) is 0 Å². The Hall–Kier alpha value is -0.300. The quantitative estimate of drug-likeness (QED) is 0.642. The number of rotatable bonds is 3. The Morgan fingerprint density at radius 2 is 2.33 bits per heavy atom. The van der Waals surface area contributed by atoms with Crippen LogP contribution in [0.1, 0.15) is 46.0 Å². The number of hydrogen-bond acceptors (Lipinski definition) is 1. The van der Waals surface area contributed by atoms with Crippen molar-refractivity contribution in [2.75, 3.05) is 0 Å². The van der Waals surface area contributed by atoms with Gasteiger partial charge in [0, 0.05) is 0 Å². The van der Waals surface area contributed by atoms with Gasteiger partial charge in [-0.2, -0.15) is 0 Å². The highest BCUT2D eigenvalue weighted by Crippen LogP contribution is 2.27. The van der Waals surface area contributed by atoms with Crippen LogP contribution in [0.2, 0.25) is 0 Å². The van der Waals surface area contributed by atoms with Gasteiger partial charge in [0.05, 0.1) is 6.10 Å². The first-order chi connectivity index (χ1) is 5.72. The Morgan fingerprint density at radius 3 is 2.92 bits per heavy atom. The summed E-state index contributed by atoms with van der Waals surface area (Å²) in [6, 6.07) is 0. The molecule has 2 unspecified atom stereocenters. The smallest absolute Gasteiger partial charge is 0.0726 e. The van der Waals surface area contributed by atoms with E-state index in [0.717, 1.165) is 12.3 Å². The maximum Gasteiger partial charge on any atom is 0.0726 e. The van der Waals surface area contributed by atoms with Gasteiger partial charge in [-0.15, -0.1) is 0 Å². The summed E-state index contributed by atoms with van der Waals surface area (Å²) >= 11 is 0. The predicted molar refractivity (Wildman–Crippen MR) is 52.0 cm³/mol. The first-order valence-electron chi connectivity index (χ1n) is 5.07. The second kappa shape index (κ2) is 4.66. The molecule has 1 heteroatoms. The van der Waals surface area contributed by atoms with Crippen LogP contribution in [0.3, 0.4) is 0 Å². The third-order valence-electron chi connectivity index (χ3n) is 2.63. The lowest BCUT2D eigenvalue weighted by Crippen LogP contribution is -2.17. The fourth-order valence-electron chi connectivity index (χ4n) is 2.06. The summed E-state index contributed by atoms with van der Waals surface area (Å²) in [5.41, 5.74) is 1.37. The van der Waals surface area contributed by atoms with Gasteiger partial charge in [0.15, 0.2) is 0 Å². The highest BCUT2D eigenvalue weighted by atomic mass is 16.3. The van der Waals surface area contributed by atoms with Crippen LogP contribution in [-0.4, -0.2) is 11.2 Å². The van der Waals surface area contributed by atoms with Crippen LogP contribution in [-0.2, 0) is 0 Å². The molecule has 0 amide bonds. The summed E-state index contributed by atoms with van der Waals surface area (Å²) in [5.74, 6) is 0.741. The van der Waals surface area contributed by atoms with Crippen molar-refractivity contribution in [3.05, 3.63) is 11.6 Å². The maximum absolute atomic E-state index is 9.47. The average Bonchev–Trinajstić information content (AvgIpc) is 1.99. The molecule has 0 fully saturated rings. The second-order valence-electron chi connectivity index (χ2n) is 4.03. The lowest BCUT2D eigenvalue weighted by molar-refractivity contribution is 0.171. The highest BCUT2D eigenvalue weighted by Gasteiger charge is 2.17. The van der Waals surface area contributed by atoms with Gasteiger partial charge in [0.1, 0.15) is 0 Å². The monoisotopic (exact) mass is 168 g/mol. The second-order valence-corrected chi connectivity index (χ2v) is 4.03. The molecule has 0 bridgehead atoms. The molecule has 0 aromatic carbocycles. The number of aliphatic hydroxyl groups is 1. The van der Waals surface area contributed by atoms with Crippen LogP contribution in [0, 0.1) is 5.92 Å². The summed E-state index contributed by atoms with van der Waals surface area (Å²) in [6.07, 6.45) is 7.90. The summed E-state index contributed by atoms with van der Waals surface area (Å²) in [6.45, 7) is 4.35. The molecule has 0 spiro atoms. The molecule has 0 aromatic heterocycles. The van der Waals surface area contributed by atoms with E-state index in [2.05, 4.69) is 13.8 Å². The molecule has 0 aromatic rings. The minimum Gasteiger partial charge on any atom is -0.389 e. The largest absolute Gasteiger partial charge is 0.389 e. The number of hydrogen-bond donors (Lipinski definition) is 1. The first kappa shape index (κ1) is 9.79. The van der Waals surface area contributed by atoms with Crippen molar-refractivity contribution in [2.24, 2.45) is 5.92 Å². The van der Waals surface area contributed by atoms with E-state index in [1.54, 1.807) is 0 Å². The zero-order valence-corrected chi connectivity index (χ0v) is 8.21. The molecule has 1 aliphatic carbocycles. The lowest BCUT2D eigenvalue weighted by Gasteiger charge is -2.24. The van der Waals surface area contributed by atoms with Gasteiger partial charge in [-0.25, -0.2) is 0 Å². The Morgan fingerprint density at radius 1 is 1.58 bits per heavy atom. The molecule has 0 aliphatic heterocycles. The van der Waals surface area contributed by atoms with Crippen LogP contribution in [0.4, 0.5) is 0 Å². The van der Waals surface area contributed by atoms with E-state index < -0.39 is 0 Å². The Labute approximate surface area is 75.5 Å². The SMILES string of the molecule is CCCCC1CC(C)=CC(O)C1. The van der Waals surface area contributed by atoms with Crippen molar-refractivity contribution in [2.45, 2.75) is 52.1 Å². The Bertz CT molecular complexity index is 160. The van der Waals surface area contributed by atoms with Gasteiger partial charge in [-0.3, -0.25) is 0 Å². The van der Waals surface area contributed by atoms with Gasteiger partial charge >= 0.3 is 0 Å². The summed E-state index contributed by atoms with van der Waals surface area (Å²) < 4.78 is 0. The van der Waals surface area contributed by atoms with Gasteiger partial charge < -0.3 is 5.11 Å². The number of allylic oxidation sites excluding steroid dienone is 1.